The summed E-state index contributed by atoms with van der Waals surface area (Å²) < 4.78 is 0. The summed E-state index contributed by atoms with van der Waals surface area (Å²) in [5.74, 6) is 0. The number of hydrogen-bond donors (Lipinski definition) is 0. The number of anilines is 3. The summed E-state index contributed by atoms with van der Waals surface area (Å²) in [6.45, 7) is 4.70. The van der Waals surface area contributed by atoms with Crippen molar-refractivity contribution in [2.45, 2.75) is 19.3 Å². The van der Waals surface area contributed by atoms with Crippen molar-refractivity contribution in [1.82, 2.24) is 0 Å². The quantitative estimate of drug-likeness (QED) is 0.166. The predicted molar refractivity (Wildman–Crippen MR) is 222 cm³/mol. The first-order valence-corrected chi connectivity index (χ1v) is 18.2. The fourth-order valence-corrected chi connectivity index (χ4v) is 8.60. The molecule has 0 saturated carbocycles. The van der Waals surface area contributed by atoms with E-state index < -0.39 is 0 Å². The highest BCUT2D eigenvalue weighted by Gasteiger charge is 2.35. The highest BCUT2D eigenvalue weighted by molar-refractivity contribution is 6.25. The molecule has 9 aromatic carbocycles. The van der Waals surface area contributed by atoms with Gasteiger partial charge in [0, 0.05) is 22.5 Å². The van der Waals surface area contributed by atoms with Crippen LogP contribution in [-0.2, 0) is 5.41 Å². The molecule has 246 valence electrons. The second kappa shape index (κ2) is 11.8. The van der Waals surface area contributed by atoms with Crippen LogP contribution < -0.4 is 4.90 Å². The molecule has 0 spiro atoms. The van der Waals surface area contributed by atoms with Gasteiger partial charge in [-0.1, -0.05) is 159 Å². The Morgan fingerprint density at radius 3 is 1.38 bits per heavy atom. The SMILES string of the molecule is CC1(C)c2ccccc2-c2ccc(N(c3ccc(-c4ccccc4)cc3)c3ccc(-c4ccc5c6ccccc6c6ccccc6c5c4)cc3)cc21. The molecule has 0 unspecified atom stereocenters. The van der Waals surface area contributed by atoms with Crippen LogP contribution >= 0.6 is 0 Å². The molecule has 1 heteroatoms. The third-order valence-corrected chi connectivity index (χ3v) is 11.3. The van der Waals surface area contributed by atoms with Gasteiger partial charge in [0.2, 0.25) is 0 Å². The van der Waals surface area contributed by atoms with Gasteiger partial charge >= 0.3 is 0 Å². The molecule has 0 bridgehead atoms. The van der Waals surface area contributed by atoms with Crippen LogP contribution in [0.2, 0.25) is 0 Å². The minimum Gasteiger partial charge on any atom is -0.310 e. The van der Waals surface area contributed by atoms with Gasteiger partial charge in [-0.3, -0.25) is 0 Å². The first kappa shape index (κ1) is 30.4. The summed E-state index contributed by atoms with van der Waals surface area (Å²) in [5.41, 5.74) is 13.6. The Hall–Kier alpha value is -6.44. The topological polar surface area (TPSA) is 3.24 Å². The normalized spacial score (nSPS) is 13.0. The molecule has 0 saturated heterocycles. The smallest absolute Gasteiger partial charge is 0.0465 e. The van der Waals surface area contributed by atoms with Crippen LogP contribution in [-0.4, -0.2) is 0 Å². The van der Waals surface area contributed by atoms with E-state index in [1.807, 2.05) is 0 Å². The van der Waals surface area contributed by atoms with Gasteiger partial charge in [0.25, 0.3) is 0 Å². The number of benzene rings is 9. The number of hydrogen-bond acceptors (Lipinski definition) is 1. The maximum Gasteiger partial charge on any atom is 0.0465 e. The standard InChI is InChI=1S/C51H37N/c1-51(2)49-19-11-10-18-46(49)47-31-29-40(33-50(47)51)52(38-25-20-35(21-26-38)34-12-4-3-5-13-34)39-27-22-36(23-28-39)37-24-30-45-43-16-7-6-14-41(43)42-15-8-9-17-44(42)48(45)32-37/h3-33H,1-2H3. The van der Waals surface area contributed by atoms with Crippen LogP contribution in [0.5, 0.6) is 0 Å². The molecule has 9 aromatic rings. The van der Waals surface area contributed by atoms with E-state index in [-0.39, 0.29) is 5.41 Å². The summed E-state index contributed by atoms with van der Waals surface area (Å²) in [7, 11) is 0. The van der Waals surface area contributed by atoms with Crippen molar-refractivity contribution in [3.05, 3.63) is 199 Å². The molecule has 0 fully saturated rings. The highest BCUT2D eigenvalue weighted by atomic mass is 15.1. The van der Waals surface area contributed by atoms with E-state index in [1.165, 1.54) is 76.8 Å². The molecule has 0 radical (unpaired) electrons. The lowest BCUT2D eigenvalue weighted by Crippen LogP contribution is -2.16. The van der Waals surface area contributed by atoms with Gasteiger partial charge in [0.15, 0.2) is 0 Å². The van der Waals surface area contributed by atoms with E-state index in [0.717, 1.165) is 17.1 Å². The predicted octanol–water partition coefficient (Wildman–Crippen LogP) is 14.3. The van der Waals surface area contributed by atoms with Gasteiger partial charge in [-0.05, 0) is 119 Å². The second-order valence-corrected chi connectivity index (χ2v) is 14.5. The van der Waals surface area contributed by atoms with Gasteiger partial charge in [-0.2, -0.15) is 0 Å². The Kier molecular flexibility index (Phi) is 6.91. The maximum atomic E-state index is 2.41. The molecule has 0 N–H and O–H groups in total. The van der Waals surface area contributed by atoms with Crippen molar-refractivity contribution >= 4 is 49.4 Å². The summed E-state index contributed by atoms with van der Waals surface area (Å²) in [6, 6.07) is 69.1. The van der Waals surface area contributed by atoms with Crippen molar-refractivity contribution < 1.29 is 0 Å². The monoisotopic (exact) mass is 663 g/mol. The van der Waals surface area contributed by atoms with E-state index in [0.29, 0.717) is 0 Å². The van der Waals surface area contributed by atoms with E-state index >= 15 is 0 Å². The zero-order chi connectivity index (χ0) is 34.8. The molecule has 0 heterocycles. The van der Waals surface area contributed by atoms with Crippen molar-refractivity contribution in [1.29, 1.82) is 0 Å². The molecule has 52 heavy (non-hydrogen) atoms. The molecule has 1 aliphatic carbocycles. The van der Waals surface area contributed by atoms with Gasteiger partial charge in [0.05, 0.1) is 0 Å². The lowest BCUT2D eigenvalue weighted by molar-refractivity contribution is 0.660. The van der Waals surface area contributed by atoms with Crippen molar-refractivity contribution in [3.63, 3.8) is 0 Å². The van der Waals surface area contributed by atoms with E-state index in [2.05, 4.69) is 207 Å². The van der Waals surface area contributed by atoms with E-state index in [9.17, 15) is 0 Å². The third-order valence-electron chi connectivity index (χ3n) is 11.3. The van der Waals surface area contributed by atoms with Crippen LogP contribution in [0.3, 0.4) is 0 Å². The molecule has 1 aliphatic rings. The zero-order valence-electron chi connectivity index (χ0n) is 29.3. The summed E-state index contributed by atoms with van der Waals surface area (Å²) in [4.78, 5) is 2.40. The highest BCUT2D eigenvalue weighted by Crippen LogP contribution is 2.50. The van der Waals surface area contributed by atoms with Crippen LogP contribution in [0.15, 0.2) is 188 Å². The molecule has 1 nitrogen and oxygen atoms in total. The average Bonchev–Trinajstić information content (AvgIpc) is 3.44. The molecule has 0 aromatic heterocycles. The van der Waals surface area contributed by atoms with Crippen LogP contribution in [0.25, 0.3) is 65.7 Å². The molecular weight excluding hydrogens is 627 g/mol. The molecule has 0 amide bonds. The largest absolute Gasteiger partial charge is 0.310 e. The molecular formula is C51H37N. The van der Waals surface area contributed by atoms with Crippen LogP contribution in [0.4, 0.5) is 17.1 Å². The van der Waals surface area contributed by atoms with Gasteiger partial charge in [-0.25, -0.2) is 0 Å². The molecule has 0 aliphatic heterocycles. The Morgan fingerprint density at radius 1 is 0.308 bits per heavy atom. The Balaban J connectivity index is 1.08. The first-order chi connectivity index (χ1) is 25.5. The Morgan fingerprint density at radius 2 is 0.750 bits per heavy atom. The number of rotatable bonds is 5. The maximum absolute atomic E-state index is 2.41. The van der Waals surface area contributed by atoms with Gasteiger partial charge in [-0.15, -0.1) is 0 Å². The molecule has 10 rings (SSSR count). The van der Waals surface area contributed by atoms with Crippen molar-refractivity contribution in [2.24, 2.45) is 0 Å². The third kappa shape index (κ3) is 4.77. The van der Waals surface area contributed by atoms with Gasteiger partial charge < -0.3 is 4.90 Å². The van der Waals surface area contributed by atoms with E-state index in [4.69, 9.17) is 0 Å². The van der Waals surface area contributed by atoms with E-state index in [1.54, 1.807) is 0 Å². The second-order valence-electron chi connectivity index (χ2n) is 14.5. The van der Waals surface area contributed by atoms with Gasteiger partial charge in [0.1, 0.15) is 0 Å². The van der Waals surface area contributed by atoms with Crippen molar-refractivity contribution in [2.75, 3.05) is 4.90 Å². The zero-order valence-corrected chi connectivity index (χ0v) is 29.3. The number of fused-ring (bicyclic) bond motifs is 9. The number of nitrogens with zero attached hydrogens (tertiary/aromatic N) is 1. The van der Waals surface area contributed by atoms with Crippen molar-refractivity contribution in [3.8, 4) is 33.4 Å². The lowest BCUT2D eigenvalue weighted by Gasteiger charge is -2.28. The fraction of sp³-hybridized carbons (Fsp3) is 0.0588. The fourth-order valence-electron chi connectivity index (χ4n) is 8.60. The van der Waals surface area contributed by atoms with Crippen LogP contribution in [0, 0.1) is 0 Å². The minimum absolute atomic E-state index is 0.0831. The lowest BCUT2D eigenvalue weighted by atomic mass is 9.82. The minimum atomic E-state index is -0.0831. The van der Waals surface area contributed by atoms with Crippen LogP contribution in [0.1, 0.15) is 25.0 Å². The summed E-state index contributed by atoms with van der Waals surface area (Å²) in [5, 5.41) is 7.78. The molecule has 0 atom stereocenters. The summed E-state index contributed by atoms with van der Waals surface area (Å²) in [6.07, 6.45) is 0. The average molecular weight is 664 g/mol. The Labute approximate surface area is 305 Å². The Bertz CT molecular complexity index is 2760. The first-order valence-electron chi connectivity index (χ1n) is 18.2. The summed E-state index contributed by atoms with van der Waals surface area (Å²) >= 11 is 0.